The fourth-order valence-corrected chi connectivity index (χ4v) is 5.14. The summed E-state index contributed by atoms with van der Waals surface area (Å²) in [5.74, 6) is -1.55. The highest BCUT2D eigenvalue weighted by atomic mass is 16.7. The molecule has 0 N–H and O–H groups in total. The second kappa shape index (κ2) is 7.15. The molecule has 168 valence electrons. The fraction of sp³-hybridized carbons (Fsp3) is 0.440. The zero-order chi connectivity index (χ0) is 22.7. The molecule has 0 radical (unpaired) electrons. The Bertz CT molecular complexity index is 1060. The fourth-order valence-electron chi connectivity index (χ4n) is 5.14. The van der Waals surface area contributed by atoms with E-state index in [-0.39, 0.29) is 6.42 Å². The molecule has 1 spiro atoms. The van der Waals surface area contributed by atoms with Crippen molar-refractivity contribution in [2.75, 3.05) is 36.5 Å². The molecule has 3 aliphatic heterocycles. The Morgan fingerprint density at radius 3 is 2.34 bits per heavy atom. The van der Waals surface area contributed by atoms with Gasteiger partial charge in [-0.2, -0.15) is 0 Å². The Kier molecular flexibility index (Phi) is 4.62. The van der Waals surface area contributed by atoms with E-state index in [1.54, 1.807) is 21.0 Å². The van der Waals surface area contributed by atoms with Crippen LogP contribution in [0.25, 0.3) is 0 Å². The van der Waals surface area contributed by atoms with Crippen molar-refractivity contribution in [3.05, 3.63) is 53.6 Å². The average molecular weight is 437 g/mol. The number of cyclic esters (lactones) is 2. The van der Waals surface area contributed by atoms with Crippen LogP contribution in [0.2, 0.25) is 0 Å². The summed E-state index contributed by atoms with van der Waals surface area (Å²) < 4.78 is 16.8. The lowest BCUT2D eigenvalue weighted by atomic mass is 9.69. The zero-order valence-corrected chi connectivity index (χ0v) is 18.9. The number of fused-ring (bicyclic) bond motifs is 4. The molecule has 2 saturated heterocycles. The molecule has 2 aromatic rings. The van der Waals surface area contributed by atoms with Crippen LogP contribution in [0.1, 0.15) is 25.0 Å². The van der Waals surface area contributed by atoms with E-state index in [1.165, 1.54) is 5.56 Å². The molecule has 1 atom stereocenters. The number of aryl methyl sites for hydroxylation is 1. The third-order valence-electron chi connectivity index (χ3n) is 6.82. The molecule has 0 amide bonds. The summed E-state index contributed by atoms with van der Waals surface area (Å²) in [5.41, 5.74) is 2.75. The van der Waals surface area contributed by atoms with Gasteiger partial charge in [-0.15, -0.1) is 0 Å². The number of nitrogens with zero attached hydrogens (tertiary/aromatic N) is 2. The normalized spacial score (nSPS) is 23.2. The maximum atomic E-state index is 13.5. The summed E-state index contributed by atoms with van der Waals surface area (Å²) in [5, 5.41) is 0. The van der Waals surface area contributed by atoms with Crippen molar-refractivity contribution in [3.63, 3.8) is 0 Å². The predicted molar refractivity (Wildman–Crippen MR) is 120 cm³/mol. The van der Waals surface area contributed by atoms with E-state index in [9.17, 15) is 9.59 Å². The lowest BCUT2D eigenvalue weighted by molar-refractivity contribution is -0.253. The molecular weight excluding hydrogens is 408 g/mol. The number of hydrogen-bond acceptors (Lipinski definition) is 7. The number of carbonyl (C=O) groups excluding carboxylic acids is 2. The zero-order valence-electron chi connectivity index (χ0n) is 18.9. The molecule has 0 saturated carbocycles. The van der Waals surface area contributed by atoms with E-state index in [4.69, 9.17) is 14.2 Å². The summed E-state index contributed by atoms with van der Waals surface area (Å²) in [6.45, 7) is 7.16. The third kappa shape index (κ3) is 3.10. The smallest absolute Gasteiger partial charge is 0.329 e. The molecule has 7 nitrogen and oxygen atoms in total. The summed E-state index contributed by atoms with van der Waals surface area (Å²) in [6.07, 6.45) is 0.239. The van der Waals surface area contributed by atoms with Crippen molar-refractivity contribution in [2.45, 2.75) is 39.0 Å². The number of rotatable bonds is 2. The molecule has 3 aliphatic rings. The first-order valence-electron chi connectivity index (χ1n) is 11.0. The molecule has 3 heterocycles. The minimum absolute atomic E-state index is 0.239. The van der Waals surface area contributed by atoms with Crippen molar-refractivity contribution in [1.82, 2.24) is 0 Å². The minimum Gasteiger partial charge on any atom is -0.497 e. The maximum absolute atomic E-state index is 13.5. The molecule has 0 aliphatic carbocycles. The Morgan fingerprint density at radius 1 is 1.00 bits per heavy atom. The summed E-state index contributed by atoms with van der Waals surface area (Å²) in [4.78, 5) is 31.3. The van der Waals surface area contributed by atoms with Gasteiger partial charge in [-0.1, -0.05) is 23.8 Å². The van der Waals surface area contributed by atoms with Crippen LogP contribution in [0.3, 0.4) is 0 Å². The van der Waals surface area contributed by atoms with E-state index in [2.05, 4.69) is 41.0 Å². The second-order valence-corrected chi connectivity index (χ2v) is 9.31. The van der Waals surface area contributed by atoms with E-state index in [0.29, 0.717) is 13.1 Å². The van der Waals surface area contributed by atoms with Gasteiger partial charge in [0.1, 0.15) is 5.75 Å². The van der Waals surface area contributed by atoms with Gasteiger partial charge >= 0.3 is 11.9 Å². The lowest BCUT2D eigenvalue weighted by Gasteiger charge is -2.55. The highest BCUT2D eigenvalue weighted by Crippen LogP contribution is 2.48. The lowest BCUT2D eigenvalue weighted by Crippen LogP contribution is -2.71. The van der Waals surface area contributed by atoms with Crippen LogP contribution in [0.15, 0.2) is 42.5 Å². The average Bonchev–Trinajstić information content (AvgIpc) is 2.76. The number of esters is 2. The number of benzene rings is 2. The van der Waals surface area contributed by atoms with Gasteiger partial charge in [0.25, 0.3) is 5.79 Å². The van der Waals surface area contributed by atoms with E-state index in [0.717, 1.165) is 29.2 Å². The number of anilines is 2. The Morgan fingerprint density at radius 2 is 1.69 bits per heavy atom. The molecule has 1 unspecified atom stereocenters. The third-order valence-corrected chi connectivity index (χ3v) is 6.82. The van der Waals surface area contributed by atoms with Gasteiger partial charge in [-0.3, -0.25) is 9.59 Å². The van der Waals surface area contributed by atoms with Crippen LogP contribution in [0.5, 0.6) is 5.75 Å². The maximum Gasteiger partial charge on any atom is 0.329 e. The summed E-state index contributed by atoms with van der Waals surface area (Å²) in [7, 11) is 1.64. The van der Waals surface area contributed by atoms with E-state index < -0.39 is 29.2 Å². The highest BCUT2D eigenvalue weighted by Gasteiger charge is 2.64. The summed E-state index contributed by atoms with van der Waals surface area (Å²) in [6, 6.07) is 13.7. The molecule has 7 heteroatoms. The molecule has 32 heavy (non-hydrogen) atoms. The number of hydrogen-bond donors (Lipinski definition) is 0. The molecule has 5 rings (SSSR count). The SMILES string of the molecule is COc1ccc2c(c1)N1CCN(c3ccc(C)cc3)CC1C1(C2)C(=O)OC(C)(C)OC1=O. The predicted octanol–water partition coefficient (Wildman–Crippen LogP) is 3.08. The largest absolute Gasteiger partial charge is 0.497 e. The first kappa shape index (κ1) is 20.7. The second-order valence-electron chi connectivity index (χ2n) is 9.31. The number of piperazine rings is 1. The van der Waals surface area contributed by atoms with Crippen molar-refractivity contribution in [1.29, 1.82) is 0 Å². The Labute approximate surface area is 187 Å². The van der Waals surface area contributed by atoms with Gasteiger partial charge in [-0.25, -0.2) is 0 Å². The highest BCUT2D eigenvalue weighted by molar-refractivity contribution is 6.04. The van der Waals surface area contributed by atoms with Gasteiger partial charge in [0.2, 0.25) is 0 Å². The molecule has 0 bridgehead atoms. The van der Waals surface area contributed by atoms with Crippen molar-refractivity contribution in [2.24, 2.45) is 5.41 Å². The van der Waals surface area contributed by atoms with Crippen LogP contribution in [0.4, 0.5) is 11.4 Å². The topological polar surface area (TPSA) is 68.3 Å². The van der Waals surface area contributed by atoms with Gasteiger partial charge in [0.05, 0.1) is 13.2 Å². The number of carbonyl (C=O) groups is 2. The molecular formula is C25H28N2O5. The van der Waals surface area contributed by atoms with Crippen LogP contribution in [-0.4, -0.2) is 50.5 Å². The Hall–Kier alpha value is -3.22. The van der Waals surface area contributed by atoms with E-state index in [1.807, 2.05) is 18.2 Å². The van der Waals surface area contributed by atoms with Crippen LogP contribution < -0.4 is 14.5 Å². The molecule has 2 fully saturated rings. The van der Waals surface area contributed by atoms with Crippen LogP contribution >= 0.6 is 0 Å². The minimum atomic E-state index is -1.42. The number of ether oxygens (including phenoxy) is 3. The van der Waals surface area contributed by atoms with Gasteiger partial charge in [0.15, 0.2) is 5.41 Å². The van der Waals surface area contributed by atoms with Gasteiger partial charge in [-0.05, 0) is 30.7 Å². The van der Waals surface area contributed by atoms with Gasteiger partial charge < -0.3 is 24.0 Å². The standard InChI is InChI=1S/C25H28N2O5/c1-16-5-8-18(9-6-16)26-11-12-27-20-13-19(30-4)10-7-17(20)14-25(21(27)15-26)22(28)31-24(2,3)32-23(25)29/h5-10,13,21H,11-12,14-15H2,1-4H3. The van der Waals surface area contributed by atoms with Gasteiger partial charge in [0, 0.05) is 57.3 Å². The number of methoxy groups -OCH3 is 1. The van der Waals surface area contributed by atoms with Crippen molar-refractivity contribution >= 4 is 23.3 Å². The quantitative estimate of drug-likeness (QED) is 0.529. The first-order chi connectivity index (χ1) is 15.2. The van der Waals surface area contributed by atoms with Crippen LogP contribution in [0, 0.1) is 12.3 Å². The molecule has 0 aromatic heterocycles. The van der Waals surface area contributed by atoms with Crippen LogP contribution in [-0.2, 0) is 25.5 Å². The van der Waals surface area contributed by atoms with Crippen molar-refractivity contribution < 1.29 is 23.8 Å². The monoisotopic (exact) mass is 436 g/mol. The summed E-state index contributed by atoms with van der Waals surface area (Å²) >= 11 is 0. The van der Waals surface area contributed by atoms with E-state index >= 15 is 0 Å². The Balaban J connectivity index is 1.60. The van der Waals surface area contributed by atoms with Crippen molar-refractivity contribution in [3.8, 4) is 5.75 Å². The molecule has 2 aromatic carbocycles. The first-order valence-corrected chi connectivity index (χ1v) is 11.0.